The van der Waals surface area contributed by atoms with E-state index in [4.69, 9.17) is 23.7 Å². The number of ether oxygens (including phenoxy) is 5. The Bertz CT molecular complexity index is 955. The summed E-state index contributed by atoms with van der Waals surface area (Å²) in [5, 5.41) is 2.77. The number of methoxy groups -OCH3 is 3. The number of esters is 1. The Labute approximate surface area is 188 Å². The second-order valence-corrected chi connectivity index (χ2v) is 6.76. The average molecular weight is 443 g/mol. The zero-order valence-corrected chi connectivity index (χ0v) is 19.0. The van der Waals surface area contributed by atoms with Crippen molar-refractivity contribution in [3.63, 3.8) is 0 Å². The molecular weight excluding hydrogens is 414 g/mol. The van der Waals surface area contributed by atoms with Crippen molar-refractivity contribution in [2.45, 2.75) is 19.9 Å². The molecule has 0 saturated carbocycles. The lowest BCUT2D eigenvalue weighted by Crippen LogP contribution is -2.32. The fourth-order valence-corrected chi connectivity index (χ4v) is 2.96. The number of amides is 1. The molecular formula is C24H29NO7. The summed E-state index contributed by atoms with van der Waals surface area (Å²) in [4.78, 5) is 24.2. The molecule has 0 aliphatic carbocycles. The van der Waals surface area contributed by atoms with Crippen LogP contribution in [0.3, 0.4) is 0 Å². The Hall–Kier alpha value is -3.68. The van der Waals surface area contributed by atoms with Crippen molar-refractivity contribution in [1.29, 1.82) is 0 Å². The van der Waals surface area contributed by atoms with Crippen LogP contribution in [0.25, 0.3) is 6.08 Å². The third-order valence-corrected chi connectivity index (χ3v) is 4.54. The van der Waals surface area contributed by atoms with Gasteiger partial charge in [0, 0.05) is 5.56 Å². The molecule has 8 heteroatoms. The molecule has 0 aliphatic rings. The highest BCUT2D eigenvalue weighted by atomic mass is 16.6. The van der Waals surface area contributed by atoms with Crippen LogP contribution in [-0.2, 0) is 14.3 Å². The van der Waals surface area contributed by atoms with Gasteiger partial charge >= 0.3 is 5.97 Å². The van der Waals surface area contributed by atoms with E-state index in [2.05, 4.69) is 5.32 Å². The second kappa shape index (κ2) is 12.2. The van der Waals surface area contributed by atoms with Crippen LogP contribution in [0.2, 0.25) is 0 Å². The first-order valence-electron chi connectivity index (χ1n) is 10.0. The van der Waals surface area contributed by atoms with E-state index in [-0.39, 0.29) is 12.6 Å². The molecule has 32 heavy (non-hydrogen) atoms. The molecule has 0 aromatic heterocycles. The molecule has 172 valence electrons. The van der Waals surface area contributed by atoms with Gasteiger partial charge in [-0.3, -0.25) is 4.79 Å². The minimum absolute atomic E-state index is 0.355. The van der Waals surface area contributed by atoms with E-state index in [1.54, 1.807) is 51.5 Å². The summed E-state index contributed by atoms with van der Waals surface area (Å²) in [6.45, 7) is 2.92. The van der Waals surface area contributed by atoms with Gasteiger partial charge in [0.05, 0.1) is 27.4 Å². The van der Waals surface area contributed by atoms with E-state index >= 15 is 0 Å². The van der Waals surface area contributed by atoms with E-state index in [1.807, 2.05) is 25.1 Å². The van der Waals surface area contributed by atoms with Crippen LogP contribution in [0.15, 0.2) is 42.5 Å². The lowest BCUT2D eigenvalue weighted by molar-refractivity contribution is -0.150. The fourth-order valence-electron chi connectivity index (χ4n) is 2.96. The summed E-state index contributed by atoms with van der Waals surface area (Å²) >= 11 is 0. The largest absolute Gasteiger partial charge is 0.497 e. The maximum Gasteiger partial charge on any atom is 0.344 e. The highest BCUT2D eigenvalue weighted by Crippen LogP contribution is 2.30. The zero-order chi connectivity index (χ0) is 23.5. The molecule has 0 radical (unpaired) electrons. The third kappa shape index (κ3) is 6.94. The Morgan fingerprint density at radius 2 is 1.66 bits per heavy atom. The van der Waals surface area contributed by atoms with Gasteiger partial charge in [-0.1, -0.05) is 18.2 Å². The number of nitrogens with one attached hydrogen (secondary N) is 1. The smallest absolute Gasteiger partial charge is 0.344 e. The van der Waals surface area contributed by atoms with Crippen LogP contribution in [0, 0.1) is 0 Å². The standard InChI is InChI=1S/C24H29NO7/c1-6-7-17-8-10-21(22(12-17)30-5)31-15-24(27)32-14-23(26)25-16(2)19-13-18(28-3)9-11-20(19)29-4/h6-13,16H,14-15H2,1-5H3,(H,25,26)/b7-6+. The highest BCUT2D eigenvalue weighted by molar-refractivity contribution is 5.81. The monoisotopic (exact) mass is 443 g/mol. The first kappa shape index (κ1) is 24.6. The van der Waals surface area contributed by atoms with Crippen molar-refractivity contribution < 1.29 is 33.3 Å². The van der Waals surface area contributed by atoms with Crippen molar-refractivity contribution >= 4 is 18.0 Å². The summed E-state index contributed by atoms with van der Waals surface area (Å²) < 4.78 is 26.3. The van der Waals surface area contributed by atoms with Gasteiger partial charge in [-0.05, 0) is 49.7 Å². The normalized spacial score (nSPS) is 11.5. The van der Waals surface area contributed by atoms with Crippen molar-refractivity contribution in [2.24, 2.45) is 0 Å². The number of benzene rings is 2. The summed E-state index contributed by atoms with van der Waals surface area (Å²) in [5.74, 6) is 1.02. The summed E-state index contributed by atoms with van der Waals surface area (Å²) in [7, 11) is 4.62. The van der Waals surface area contributed by atoms with Gasteiger partial charge < -0.3 is 29.0 Å². The molecule has 2 aromatic carbocycles. The van der Waals surface area contributed by atoms with Gasteiger partial charge in [0.2, 0.25) is 0 Å². The molecule has 1 N–H and O–H groups in total. The predicted molar refractivity (Wildman–Crippen MR) is 120 cm³/mol. The minimum Gasteiger partial charge on any atom is -0.497 e. The Kier molecular flexibility index (Phi) is 9.41. The van der Waals surface area contributed by atoms with Crippen molar-refractivity contribution in [2.75, 3.05) is 34.5 Å². The van der Waals surface area contributed by atoms with Gasteiger partial charge in [0.25, 0.3) is 5.91 Å². The Balaban J connectivity index is 1.86. The summed E-state index contributed by atoms with van der Waals surface area (Å²) in [5.41, 5.74) is 1.68. The van der Waals surface area contributed by atoms with Gasteiger partial charge in [-0.25, -0.2) is 4.79 Å². The lowest BCUT2D eigenvalue weighted by Gasteiger charge is -2.18. The molecule has 0 saturated heterocycles. The molecule has 1 unspecified atom stereocenters. The molecule has 2 aromatic rings. The predicted octanol–water partition coefficient (Wildman–Crippen LogP) is 3.54. The number of carbonyl (C=O) groups is 2. The molecule has 0 spiro atoms. The first-order valence-corrected chi connectivity index (χ1v) is 10.0. The maximum atomic E-state index is 12.2. The topological polar surface area (TPSA) is 92.3 Å². The zero-order valence-electron chi connectivity index (χ0n) is 19.0. The lowest BCUT2D eigenvalue weighted by atomic mass is 10.1. The fraction of sp³-hybridized carbons (Fsp3) is 0.333. The van der Waals surface area contributed by atoms with Crippen LogP contribution < -0.4 is 24.3 Å². The quantitative estimate of drug-likeness (QED) is 0.531. The molecule has 2 rings (SSSR count). The highest BCUT2D eigenvalue weighted by Gasteiger charge is 2.17. The molecule has 8 nitrogen and oxygen atoms in total. The Morgan fingerprint density at radius 3 is 2.31 bits per heavy atom. The molecule has 0 fully saturated rings. The molecule has 1 amide bonds. The Morgan fingerprint density at radius 1 is 0.938 bits per heavy atom. The van der Waals surface area contributed by atoms with Crippen molar-refractivity contribution in [3.05, 3.63) is 53.6 Å². The molecule has 0 aliphatic heterocycles. The van der Waals surface area contributed by atoms with E-state index in [1.165, 1.54) is 7.11 Å². The van der Waals surface area contributed by atoms with E-state index in [9.17, 15) is 9.59 Å². The van der Waals surface area contributed by atoms with Crippen LogP contribution in [0.4, 0.5) is 0 Å². The van der Waals surface area contributed by atoms with E-state index in [0.29, 0.717) is 23.0 Å². The van der Waals surface area contributed by atoms with Gasteiger partial charge in [0.1, 0.15) is 11.5 Å². The van der Waals surface area contributed by atoms with Crippen LogP contribution in [0.5, 0.6) is 23.0 Å². The van der Waals surface area contributed by atoms with Gasteiger partial charge in [-0.2, -0.15) is 0 Å². The maximum absolute atomic E-state index is 12.2. The number of carbonyl (C=O) groups excluding carboxylic acids is 2. The van der Waals surface area contributed by atoms with Crippen molar-refractivity contribution in [3.8, 4) is 23.0 Å². The van der Waals surface area contributed by atoms with Gasteiger partial charge in [0.15, 0.2) is 24.7 Å². The second-order valence-electron chi connectivity index (χ2n) is 6.76. The number of hydrogen-bond donors (Lipinski definition) is 1. The summed E-state index contributed by atoms with van der Waals surface area (Å²) in [6, 6.07) is 10.3. The minimum atomic E-state index is -0.675. The SMILES string of the molecule is C/C=C/c1ccc(OCC(=O)OCC(=O)NC(C)c2cc(OC)ccc2OC)c(OC)c1. The molecule has 0 bridgehead atoms. The van der Waals surface area contributed by atoms with Crippen molar-refractivity contribution in [1.82, 2.24) is 5.32 Å². The van der Waals surface area contributed by atoms with Crippen LogP contribution >= 0.6 is 0 Å². The van der Waals surface area contributed by atoms with E-state index < -0.39 is 18.5 Å². The number of hydrogen-bond acceptors (Lipinski definition) is 7. The van der Waals surface area contributed by atoms with Crippen LogP contribution in [-0.4, -0.2) is 46.4 Å². The van der Waals surface area contributed by atoms with Crippen LogP contribution in [0.1, 0.15) is 31.0 Å². The number of rotatable bonds is 11. The van der Waals surface area contributed by atoms with E-state index in [0.717, 1.165) is 11.1 Å². The molecule has 1 atom stereocenters. The molecule has 0 heterocycles. The first-order chi connectivity index (χ1) is 15.4. The average Bonchev–Trinajstić information content (AvgIpc) is 2.81. The summed E-state index contributed by atoms with van der Waals surface area (Å²) in [6.07, 6.45) is 3.82. The number of allylic oxidation sites excluding steroid dienone is 1. The van der Waals surface area contributed by atoms with Gasteiger partial charge in [-0.15, -0.1) is 0 Å². The third-order valence-electron chi connectivity index (χ3n) is 4.54.